The molecule has 2 atom stereocenters. The van der Waals surface area contributed by atoms with E-state index in [1.807, 2.05) is 11.7 Å². The summed E-state index contributed by atoms with van der Waals surface area (Å²) in [6.45, 7) is 8.10. The van der Waals surface area contributed by atoms with E-state index < -0.39 is 0 Å². The van der Waals surface area contributed by atoms with E-state index >= 15 is 0 Å². The van der Waals surface area contributed by atoms with Crippen molar-refractivity contribution < 1.29 is 0 Å². The van der Waals surface area contributed by atoms with Crippen molar-refractivity contribution in [1.82, 2.24) is 15.2 Å². The van der Waals surface area contributed by atoms with E-state index in [0.717, 1.165) is 18.5 Å². The van der Waals surface area contributed by atoms with Gasteiger partial charge < -0.3 is 5.32 Å². The van der Waals surface area contributed by atoms with Crippen molar-refractivity contribution in [3.63, 3.8) is 0 Å². The maximum Gasteiger partial charge on any atom is 0.0794 e. The highest BCUT2D eigenvalue weighted by molar-refractivity contribution is 7.09. The first-order valence-electron chi connectivity index (χ1n) is 7.09. The van der Waals surface area contributed by atoms with Gasteiger partial charge in [-0.05, 0) is 24.7 Å². The zero-order valence-electron chi connectivity index (χ0n) is 11.3. The molecular weight excluding hydrogens is 242 g/mol. The SMILES string of the molecule is CC(C)C1CN(Cc2cncs2)C(C2CC2)CN1. The lowest BCUT2D eigenvalue weighted by atomic mass is 9.97. The lowest BCUT2D eigenvalue weighted by Crippen LogP contribution is -2.58. The molecule has 0 spiro atoms. The highest BCUT2D eigenvalue weighted by atomic mass is 32.1. The van der Waals surface area contributed by atoms with Gasteiger partial charge in [0.1, 0.15) is 0 Å². The quantitative estimate of drug-likeness (QED) is 0.906. The van der Waals surface area contributed by atoms with Crippen molar-refractivity contribution in [2.75, 3.05) is 13.1 Å². The maximum absolute atomic E-state index is 4.20. The van der Waals surface area contributed by atoms with Crippen molar-refractivity contribution in [3.05, 3.63) is 16.6 Å². The fraction of sp³-hybridized carbons (Fsp3) is 0.786. The standard InChI is InChI=1S/C14H23N3S/c1-10(2)13-8-17(7-12-5-15-9-18-12)14(6-16-13)11-3-4-11/h5,9-11,13-14,16H,3-4,6-8H2,1-2H3. The zero-order valence-corrected chi connectivity index (χ0v) is 12.1. The van der Waals surface area contributed by atoms with Gasteiger partial charge in [0, 0.05) is 42.8 Å². The number of nitrogens with one attached hydrogen (secondary N) is 1. The Hall–Kier alpha value is -0.450. The summed E-state index contributed by atoms with van der Waals surface area (Å²) in [4.78, 5) is 8.31. The smallest absolute Gasteiger partial charge is 0.0794 e. The molecule has 0 amide bonds. The molecule has 2 heterocycles. The second-order valence-corrected chi connectivity index (χ2v) is 7.03. The average Bonchev–Trinajstić information content (AvgIpc) is 3.07. The summed E-state index contributed by atoms with van der Waals surface area (Å²) in [6, 6.07) is 1.40. The molecule has 0 bridgehead atoms. The number of nitrogens with zero attached hydrogens (tertiary/aromatic N) is 2. The molecule has 18 heavy (non-hydrogen) atoms. The van der Waals surface area contributed by atoms with Crippen molar-refractivity contribution in [3.8, 4) is 0 Å². The fourth-order valence-electron chi connectivity index (χ4n) is 2.95. The highest BCUT2D eigenvalue weighted by Gasteiger charge is 2.39. The average molecular weight is 265 g/mol. The summed E-state index contributed by atoms with van der Waals surface area (Å²) < 4.78 is 0. The van der Waals surface area contributed by atoms with Gasteiger partial charge in [0.05, 0.1) is 5.51 Å². The topological polar surface area (TPSA) is 28.2 Å². The summed E-state index contributed by atoms with van der Waals surface area (Å²) in [7, 11) is 0. The summed E-state index contributed by atoms with van der Waals surface area (Å²) in [6.07, 6.45) is 4.89. The van der Waals surface area contributed by atoms with Gasteiger partial charge in [0.15, 0.2) is 0 Å². The van der Waals surface area contributed by atoms with Gasteiger partial charge in [0.2, 0.25) is 0 Å². The van der Waals surface area contributed by atoms with Crippen LogP contribution >= 0.6 is 11.3 Å². The Morgan fingerprint density at radius 2 is 2.33 bits per heavy atom. The minimum atomic E-state index is 0.646. The molecule has 1 aromatic heterocycles. The molecular formula is C14H23N3S. The maximum atomic E-state index is 4.20. The van der Waals surface area contributed by atoms with Crippen molar-refractivity contribution in [1.29, 1.82) is 0 Å². The third kappa shape index (κ3) is 2.76. The normalized spacial score (nSPS) is 29.9. The molecule has 0 radical (unpaired) electrons. The van der Waals surface area contributed by atoms with Gasteiger partial charge in [-0.25, -0.2) is 0 Å². The van der Waals surface area contributed by atoms with Gasteiger partial charge in [0.25, 0.3) is 0 Å². The van der Waals surface area contributed by atoms with Crippen LogP contribution in [0.15, 0.2) is 11.7 Å². The first-order chi connectivity index (χ1) is 8.74. The lowest BCUT2D eigenvalue weighted by molar-refractivity contribution is 0.0936. The Kier molecular flexibility index (Phi) is 3.68. The molecule has 3 rings (SSSR count). The Bertz CT molecular complexity index is 372. The molecule has 1 saturated carbocycles. The van der Waals surface area contributed by atoms with Gasteiger partial charge in [-0.15, -0.1) is 11.3 Å². The number of thiazole rings is 1. The molecule has 1 saturated heterocycles. The molecule has 1 aromatic rings. The Labute approximate surface area is 114 Å². The third-order valence-corrected chi connectivity index (χ3v) is 5.07. The molecule has 1 aliphatic carbocycles. The van der Waals surface area contributed by atoms with E-state index in [4.69, 9.17) is 0 Å². The third-order valence-electron chi connectivity index (χ3n) is 4.30. The van der Waals surface area contributed by atoms with Crippen molar-refractivity contribution in [2.24, 2.45) is 11.8 Å². The summed E-state index contributed by atoms with van der Waals surface area (Å²) in [5.74, 6) is 1.66. The molecule has 4 heteroatoms. The number of rotatable bonds is 4. The molecule has 100 valence electrons. The monoisotopic (exact) mass is 265 g/mol. The number of aromatic nitrogens is 1. The van der Waals surface area contributed by atoms with Gasteiger partial charge >= 0.3 is 0 Å². The summed E-state index contributed by atoms with van der Waals surface area (Å²) in [5.41, 5.74) is 1.95. The first kappa shape index (κ1) is 12.6. The fourth-order valence-corrected chi connectivity index (χ4v) is 3.57. The molecule has 0 aromatic carbocycles. The molecule has 3 nitrogen and oxygen atoms in total. The van der Waals surface area contributed by atoms with E-state index in [1.165, 1.54) is 30.8 Å². The van der Waals surface area contributed by atoms with Crippen LogP contribution in [0, 0.1) is 11.8 Å². The zero-order chi connectivity index (χ0) is 12.5. The molecule has 2 fully saturated rings. The second kappa shape index (κ2) is 5.27. The van der Waals surface area contributed by atoms with Gasteiger partial charge in [-0.2, -0.15) is 0 Å². The van der Waals surface area contributed by atoms with Crippen LogP contribution in [0.3, 0.4) is 0 Å². The lowest BCUT2D eigenvalue weighted by Gasteiger charge is -2.42. The predicted octanol–water partition coefficient (Wildman–Crippen LogP) is 2.35. The van der Waals surface area contributed by atoms with Crippen LogP contribution in [0.4, 0.5) is 0 Å². The van der Waals surface area contributed by atoms with E-state index in [0.29, 0.717) is 12.0 Å². The number of hydrogen-bond donors (Lipinski definition) is 1. The van der Waals surface area contributed by atoms with Crippen LogP contribution in [0.1, 0.15) is 31.6 Å². The Morgan fingerprint density at radius 1 is 1.50 bits per heavy atom. The Morgan fingerprint density at radius 3 is 2.94 bits per heavy atom. The Balaban J connectivity index is 1.68. The van der Waals surface area contributed by atoms with Crippen LogP contribution in [-0.2, 0) is 6.54 Å². The molecule has 1 N–H and O–H groups in total. The minimum absolute atomic E-state index is 0.646. The summed E-state index contributed by atoms with van der Waals surface area (Å²) in [5, 5.41) is 3.75. The molecule has 1 aliphatic heterocycles. The molecule has 2 aliphatic rings. The van der Waals surface area contributed by atoms with E-state index in [9.17, 15) is 0 Å². The van der Waals surface area contributed by atoms with E-state index in [-0.39, 0.29) is 0 Å². The van der Waals surface area contributed by atoms with E-state index in [2.05, 4.69) is 29.0 Å². The summed E-state index contributed by atoms with van der Waals surface area (Å²) >= 11 is 1.79. The number of hydrogen-bond acceptors (Lipinski definition) is 4. The van der Waals surface area contributed by atoms with Crippen LogP contribution in [0.25, 0.3) is 0 Å². The van der Waals surface area contributed by atoms with E-state index in [1.54, 1.807) is 11.3 Å². The second-order valence-electron chi connectivity index (χ2n) is 6.06. The predicted molar refractivity (Wildman–Crippen MR) is 75.7 cm³/mol. The number of piperazine rings is 1. The van der Waals surface area contributed by atoms with Crippen molar-refractivity contribution in [2.45, 2.75) is 45.3 Å². The first-order valence-corrected chi connectivity index (χ1v) is 7.97. The largest absolute Gasteiger partial charge is 0.311 e. The van der Waals surface area contributed by atoms with Crippen LogP contribution in [0.2, 0.25) is 0 Å². The van der Waals surface area contributed by atoms with Crippen molar-refractivity contribution >= 4 is 11.3 Å². The van der Waals surface area contributed by atoms with Crippen LogP contribution in [0.5, 0.6) is 0 Å². The van der Waals surface area contributed by atoms with Crippen LogP contribution < -0.4 is 5.32 Å². The molecule has 2 unspecified atom stereocenters. The van der Waals surface area contributed by atoms with Gasteiger partial charge in [-0.3, -0.25) is 9.88 Å². The van der Waals surface area contributed by atoms with Crippen LogP contribution in [-0.4, -0.2) is 35.1 Å². The van der Waals surface area contributed by atoms with Gasteiger partial charge in [-0.1, -0.05) is 13.8 Å². The highest BCUT2D eigenvalue weighted by Crippen LogP contribution is 2.37. The minimum Gasteiger partial charge on any atom is -0.311 e.